The van der Waals surface area contributed by atoms with E-state index in [4.69, 9.17) is 28.0 Å². The van der Waals surface area contributed by atoms with Gasteiger partial charge in [-0.15, -0.1) is 0 Å². The zero-order valence-corrected chi connectivity index (χ0v) is 43.9. The average molecular weight is 1200 g/mol. The number of fused-ring (bicyclic) bond motifs is 1. The van der Waals surface area contributed by atoms with E-state index in [1.54, 1.807) is 54.9 Å². The predicted octanol–water partition coefficient (Wildman–Crippen LogP) is 11.9. The van der Waals surface area contributed by atoms with Gasteiger partial charge in [0.15, 0.2) is 5.65 Å². The second-order valence-corrected chi connectivity index (χ2v) is 21.7. The summed E-state index contributed by atoms with van der Waals surface area (Å²) in [5.41, 5.74) is 24.3. The van der Waals surface area contributed by atoms with E-state index in [9.17, 15) is 25.0 Å². The number of nitro groups is 2. The number of nitrogens with zero attached hydrogens (tertiary/aromatic N) is 7. The number of aromatic nitrogens is 6. The van der Waals surface area contributed by atoms with Gasteiger partial charge in [-0.3, -0.25) is 20.2 Å². The molecular formula is C43H60I2N12O6V2. The molecule has 2 aromatic carbocycles. The number of nitrogen functional groups attached to an aromatic ring is 4. The summed E-state index contributed by atoms with van der Waals surface area (Å²) in [6.07, 6.45) is 6.16. The number of hydrogen-bond donors (Lipinski definition) is 6. The fourth-order valence-electron chi connectivity index (χ4n) is 3.72. The number of H-pyrrole nitrogens is 1. The molecule has 0 saturated heterocycles. The number of carbonyl (C=O) groups is 1. The van der Waals surface area contributed by atoms with Crippen LogP contribution in [-0.2, 0) is 28.0 Å². The maximum Gasteiger partial charge on any atom is 0.178 e. The Hall–Kier alpha value is -5.39. The Balaban J connectivity index is -0.000000220. The van der Waals surface area contributed by atoms with Crippen LogP contribution in [0.15, 0.2) is 134 Å². The van der Waals surface area contributed by atoms with Crippen molar-refractivity contribution in [3.8, 4) is 11.4 Å². The molecule has 0 amide bonds. The van der Waals surface area contributed by atoms with Gasteiger partial charge >= 0.3 is 66.8 Å². The third-order valence-electron chi connectivity index (χ3n) is 6.22. The van der Waals surface area contributed by atoms with Crippen molar-refractivity contribution in [3.05, 3.63) is 160 Å². The Morgan fingerprint density at radius 1 is 0.600 bits per heavy atom. The van der Waals surface area contributed by atoms with Crippen LogP contribution in [0.1, 0.15) is 73.2 Å². The van der Waals surface area contributed by atoms with Crippen LogP contribution < -0.4 is 22.9 Å². The van der Waals surface area contributed by atoms with Gasteiger partial charge in [0, 0.05) is 61.0 Å². The largest absolute Gasteiger partial charge is 0.337 e. The molecule has 0 bridgehead atoms. The van der Waals surface area contributed by atoms with Crippen LogP contribution in [0, 0.1) is 20.2 Å². The molecule has 65 heavy (non-hydrogen) atoms. The van der Waals surface area contributed by atoms with Crippen molar-refractivity contribution in [2.45, 2.75) is 62.8 Å². The van der Waals surface area contributed by atoms with E-state index in [1.807, 2.05) is 97.9 Å². The van der Waals surface area contributed by atoms with Gasteiger partial charge in [0.05, 0.1) is 26.6 Å². The summed E-state index contributed by atoms with van der Waals surface area (Å²) >= 11 is 4.74. The van der Waals surface area contributed by atoms with Crippen LogP contribution in [0.4, 0.5) is 34.5 Å². The van der Waals surface area contributed by atoms with Crippen molar-refractivity contribution in [2.24, 2.45) is 0 Å². The minimum Gasteiger partial charge on any atom is -0.337 e. The molecule has 0 unspecified atom stereocenters. The van der Waals surface area contributed by atoms with Crippen LogP contribution in [-0.4, -0.2) is 50.8 Å². The molecule has 352 valence electrons. The van der Waals surface area contributed by atoms with Gasteiger partial charge in [0.2, 0.25) is 11.6 Å². The number of carboxylic acid groups (broad SMARTS) is 1. The summed E-state index contributed by atoms with van der Waals surface area (Å²) in [5.74, 6) is 0.285. The fraction of sp³-hybridized carbons (Fsp3) is 0.209. The van der Waals surface area contributed by atoms with Gasteiger partial charge in [0.1, 0.15) is 11.6 Å². The Kier molecular flexibility index (Phi) is 47.7. The molecule has 22 heteroatoms. The minimum absolute atomic E-state index is 0. The Morgan fingerprint density at radius 2 is 0.969 bits per heavy atom. The number of carboxylic acids is 1. The van der Waals surface area contributed by atoms with Crippen molar-refractivity contribution in [1.82, 2.24) is 29.9 Å². The minimum atomic E-state index is -0.879. The number of nitrogens with one attached hydrogen (secondary N) is 1. The molecule has 7 aromatic rings. The molecular weight excluding hydrogens is 1140 g/mol. The summed E-state index contributed by atoms with van der Waals surface area (Å²) in [6, 6.07) is 31.2. The van der Waals surface area contributed by atoms with Crippen LogP contribution >= 0.6 is 40.0 Å². The van der Waals surface area contributed by atoms with Crippen LogP contribution in [0.3, 0.4) is 0 Å². The quantitative estimate of drug-likeness (QED) is 0.0542. The summed E-state index contributed by atoms with van der Waals surface area (Å²) < 4.78 is 0. The second kappa shape index (κ2) is 45.2. The third-order valence-corrected chi connectivity index (χ3v) is 6.22. The van der Waals surface area contributed by atoms with Crippen molar-refractivity contribution in [1.29, 1.82) is 0 Å². The first-order valence-corrected chi connectivity index (χ1v) is 28.1. The number of halogens is 2. The first-order valence-electron chi connectivity index (χ1n) is 19.1. The number of nitrogens with two attached hydrogens (primary N) is 4. The van der Waals surface area contributed by atoms with Gasteiger partial charge < -0.3 is 33.0 Å². The zero-order chi connectivity index (χ0) is 48.6. The number of anilines is 4. The maximum absolute atomic E-state index is 10.2. The molecule has 0 aliphatic rings. The molecule has 18 nitrogen and oxygen atoms in total. The van der Waals surface area contributed by atoms with E-state index < -0.39 is 15.8 Å². The number of imidazole rings is 1. The van der Waals surface area contributed by atoms with Gasteiger partial charge in [-0.05, 0) is 48.5 Å². The Labute approximate surface area is 422 Å². The Bertz CT molecular complexity index is 2140. The van der Waals surface area contributed by atoms with E-state index in [0.29, 0.717) is 26.5 Å². The standard InChI is InChI=1S/C12H9N3.C7H6O2.2C5H5N3O2.C5H7N3.4C2H6.CH4.2HI.2V/c1-2-5-9(6-3-1)11-14-10-7-4-8-13-12(10)15-11;8-7(9)6-4-2-1-3-5-6;2*6-5-4(8(9)10)2-1-3-7-5;6-4-2-1-3-8-5(4)7;4*1-2;;;;;/h1-8H,(H,13,14,15);1-5H,(H,8,9);2*1-3H,(H2,6,7);1-3H,6H2,(H2,7,8);4*1-2H3;1H4;2*1H;;/q;;;;;;;;;;;;;+2/p-2. The summed E-state index contributed by atoms with van der Waals surface area (Å²) in [4.78, 5) is 51.9. The predicted molar refractivity (Wildman–Crippen MR) is 277 cm³/mol. The molecule has 0 fully saturated rings. The monoisotopic (exact) mass is 1200 g/mol. The smallest absolute Gasteiger partial charge is 0.178 e. The summed E-state index contributed by atoms with van der Waals surface area (Å²) in [7, 11) is 0.628. The van der Waals surface area contributed by atoms with Crippen LogP contribution in [0.25, 0.3) is 22.6 Å². The van der Waals surface area contributed by atoms with Crippen molar-refractivity contribution < 1.29 is 47.8 Å². The number of hydrogen-bond acceptors (Lipinski definition) is 14. The van der Waals surface area contributed by atoms with Crippen molar-refractivity contribution >= 4 is 91.6 Å². The molecule has 7 rings (SSSR count). The zero-order valence-electron chi connectivity index (χ0n) is 36.8. The van der Waals surface area contributed by atoms with E-state index in [2.05, 4.69) is 69.9 Å². The fourth-order valence-corrected chi connectivity index (χ4v) is 3.72. The van der Waals surface area contributed by atoms with E-state index in [-0.39, 0.29) is 49.0 Å². The van der Waals surface area contributed by atoms with E-state index in [0.717, 1.165) is 22.6 Å². The van der Waals surface area contributed by atoms with Crippen LogP contribution in [0.5, 0.6) is 0 Å². The molecule has 10 N–H and O–H groups in total. The molecule has 5 aromatic heterocycles. The van der Waals surface area contributed by atoms with Crippen molar-refractivity contribution in [2.75, 3.05) is 22.9 Å². The topological polar surface area (TPSA) is 308 Å². The molecule has 0 spiro atoms. The first kappa shape index (κ1) is 68.7. The number of pyridine rings is 4. The molecule has 1 radical (unpaired) electrons. The van der Waals surface area contributed by atoms with E-state index >= 15 is 0 Å². The Morgan fingerprint density at radius 3 is 1.28 bits per heavy atom. The average Bonchev–Trinajstić information content (AvgIpc) is 3.77. The number of aromatic carboxylic acids is 1. The summed E-state index contributed by atoms with van der Waals surface area (Å²) in [5, 5.41) is 28.6. The molecule has 0 aliphatic carbocycles. The maximum atomic E-state index is 10.2. The summed E-state index contributed by atoms with van der Waals surface area (Å²) in [6.45, 7) is 16.0. The molecule has 0 saturated carbocycles. The van der Waals surface area contributed by atoms with Crippen molar-refractivity contribution in [3.63, 3.8) is 0 Å². The normalized spacial score (nSPS) is 8.22. The number of rotatable bonds is 4. The van der Waals surface area contributed by atoms with E-state index in [1.165, 1.54) is 36.7 Å². The molecule has 5 heterocycles. The SMILES string of the molecule is C.CC.CC.CC.CC.Nc1cccnc1N.Nc1ncccc1[N+](=O)[O-].Nc1ncccc1[N+](=O)[O-].O=C(O)c1ccccc1.[I][V][I].[V].c1ccc(-c2nc3ncccc3[nH]2)cc1. The molecule has 0 aliphatic heterocycles. The third kappa shape index (κ3) is 30.4. The second-order valence-electron chi connectivity index (χ2n) is 9.87. The number of benzene rings is 2. The van der Waals surface area contributed by atoms with Gasteiger partial charge in [-0.25, -0.2) is 29.7 Å². The van der Waals surface area contributed by atoms with Gasteiger partial charge in [0.25, 0.3) is 0 Å². The number of aromatic amines is 1. The first-order chi connectivity index (χ1) is 30.4. The van der Waals surface area contributed by atoms with Gasteiger partial charge in [-0.2, -0.15) is 0 Å². The van der Waals surface area contributed by atoms with Crippen LogP contribution in [0.2, 0.25) is 0 Å². The van der Waals surface area contributed by atoms with Gasteiger partial charge in [-0.1, -0.05) is 111 Å². The molecule has 0 atom stereocenters.